The molecule has 0 radical (unpaired) electrons. The fourth-order valence-corrected chi connectivity index (χ4v) is 1.72. The van der Waals surface area contributed by atoms with Gasteiger partial charge in [-0.25, -0.2) is 4.99 Å². The first-order chi connectivity index (χ1) is 8.79. The first-order valence-electron chi connectivity index (χ1n) is 5.28. The van der Waals surface area contributed by atoms with E-state index >= 15 is 0 Å². The molecule has 1 amide bonds. The molecule has 1 aromatic rings. The van der Waals surface area contributed by atoms with E-state index in [0.717, 1.165) is 11.4 Å². The number of hydrogen-bond acceptors (Lipinski definition) is 6. The molecule has 3 rings (SSSR count). The average Bonchev–Trinajstić information content (AvgIpc) is 2.84. The van der Waals surface area contributed by atoms with E-state index in [-0.39, 0.29) is 5.91 Å². The number of anilines is 1. The van der Waals surface area contributed by atoms with Crippen molar-refractivity contribution in [3.63, 3.8) is 0 Å². The SMILES string of the molecule is COc1ccc(N2N=NC3C(=O)N=CN=C32)cc1. The van der Waals surface area contributed by atoms with Gasteiger partial charge in [-0.1, -0.05) is 5.22 Å². The van der Waals surface area contributed by atoms with Crippen molar-refractivity contribution < 1.29 is 9.53 Å². The average molecular weight is 243 g/mol. The van der Waals surface area contributed by atoms with Crippen LogP contribution in [0.1, 0.15) is 0 Å². The van der Waals surface area contributed by atoms with E-state index in [0.29, 0.717) is 5.84 Å². The second-order valence-corrected chi connectivity index (χ2v) is 3.69. The lowest BCUT2D eigenvalue weighted by Gasteiger charge is -2.16. The van der Waals surface area contributed by atoms with Gasteiger partial charge >= 0.3 is 0 Å². The molecule has 0 spiro atoms. The van der Waals surface area contributed by atoms with Crippen molar-refractivity contribution >= 4 is 23.8 Å². The van der Waals surface area contributed by atoms with Crippen LogP contribution in [-0.4, -0.2) is 31.2 Å². The van der Waals surface area contributed by atoms with Gasteiger partial charge in [-0.2, -0.15) is 10.0 Å². The van der Waals surface area contributed by atoms with Crippen LogP contribution in [0.5, 0.6) is 5.75 Å². The van der Waals surface area contributed by atoms with Crippen molar-refractivity contribution in [3.8, 4) is 5.75 Å². The number of carbonyl (C=O) groups is 1. The molecular formula is C11H9N5O2. The summed E-state index contributed by atoms with van der Waals surface area (Å²) in [7, 11) is 1.60. The second kappa shape index (κ2) is 4.02. The van der Waals surface area contributed by atoms with Crippen molar-refractivity contribution in [2.24, 2.45) is 20.3 Å². The van der Waals surface area contributed by atoms with Crippen LogP contribution >= 0.6 is 0 Å². The zero-order valence-corrected chi connectivity index (χ0v) is 9.52. The molecule has 1 atom stereocenters. The number of hydrogen-bond donors (Lipinski definition) is 0. The third-order valence-electron chi connectivity index (χ3n) is 2.64. The number of nitrogens with zero attached hydrogens (tertiary/aromatic N) is 5. The van der Waals surface area contributed by atoms with Crippen molar-refractivity contribution in [3.05, 3.63) is 24.3 Å². The van der Waals surface area contributed by atoms with E-state index < -0.39 is 6.04 Å². The molecular weight excluding hydrogens is 234 g/mol. The van der Waals surface area contributed by atoms with Gasteiger partial charge in [-0.15, -0.1) is 5.11 Å². The molecule has 0 aliphatic carbocycles. The van der Waals surface area contributed by atoms with Crippen LogP contribution in [-0.2, 0) is 4.79 Å². The van der Waals surface area contributed by atoms with Crippen LogP contribution in [0.15, 0.2) is 44.6 Å². The molecule has 0 fully saturated rings. The fraction of sp³-hybridized carbons (Fsp3) is 0.182. The van der Waals surface area contributed by atoms with Gasteiger partial charge in [0.2, 0.25) is 6.04 Å². The summed E-state index contributed by atoms with van der Waals surface area (Å²) in [6, 6.07) is 6.53. The zero-order valence-electron chi connectivity index (χ0n) is 9.52. The topological polar surface area (TPSA) is 79.0 Å². The zero-order chi connectivity index (χ0) is 12.5. The summed E-state index contributed by atoms with van der Waals surface area (Å²) < 4.78 is 5.08. The van der Waals surface area contributed by atoms with Gasteiger partial charge in [0.15, 0.2) is 5.84 Å². The minimum Gasteiger partial charge on any atom is -0.497 e. The summed E-state index contributed by atoms with van der Waals surface area (Å²) in [5.41, 5.74) is 0.768. The molecule has 0 bridgehead atoms. The molecule has 7 nitrogen and oxygen atoms in total. The van der Waals surface area contributed by atoms with E-state index in [2.05, 4.69) is 20.3 Å². The molecule has 2 aliphatic heterocycles. The number of carbonyl (C=O) groups excluding carboxylic acids is 1. The Balaban J connectivity index is 1.93. The molecule has 0 saturated carbocycles. The van der Waals surface area contributed by atoms with Gasteiger partial charge in [-0.05, 0) is 24.3 Å². The monoisotopic (exact) mass is 243 g/mol. The Morgan fingerprint density at radius 1 is 1.28 bits per heavy atom. The van der Waals surface area contributed by atoms with E-state index in [1.807, 2.05) is 12.1 Å². The minimum atomic E-state index is -0.711. The maximum atomic E-state index is 11.5. The summed E-state index contributed by atoms with van der Waals surface area (Å²) in [5, 5.41) is 9.33. The largest absolute Gasteiger partial charge is 0.497 e. The molecule has 0 aromatic heterocycles. The first-order valence-corrected chi connectivity index (χ1v) is 5.28. The molecule has 0 saturated heterocycles. The number of methoxy groups -OCH3 is 1. The van der Waals surface area contributed by atoms with Gasteiger partial charge < -0.3 is 4.74 Å². The minimum absolute atomic E-state index is 0.347. The highest BCUT2D eigenvalue weighted by atomic mass is 16.5. The summed E-state index contributed by atoms with van der Waals surface area (Å²) in [6.45, 7) is 0. The van der Waals surface area contributed by atoms with Crippen LogP contribution in [0.4, 0.5) is 5.69 Å². The van der Waals surface area contributed by atoms with Crippen LogP contribution in [0.3, 0.4) is 0 Å². The maximum absolute atomic E-state index is 11.5. The third-order valence-corrected chi connectivity index (χ3v) is 2.64. The number of ether oxygens (including phenoxy) is 1. The van der Waals surface area contributed by atoms with Gasteiger partial charge in [0.1, 0.15) is 12.1 Å². The highest BCUT2D eigenvalue weighted by molar-refractivity contribution is 6.20. The predicted octanol–water partition coefficient (Wildman–Crippen LogP) is 1.22. The van der Waals surface area contributed by atoms with Crippen LogP contribution in [0.25, 0.3) is 0 Å². The van der Waals surface area contributed by atoms with Crippen molar-refractivity contribution in [2.75, 3.05) is 12.1 Å². The number of amidine groups is 1. The van der Waals surface area contributed by atoms with Crippen molar-refractivity contribution in [2.45, 2.75) is 6.04 Å². The smallest absolute Gasteiger partial charge is 0.281 e. The van der Waals surface area contributed by atoms with Crippen LogP contribution in [0, 0.1) is 0 Å². The van der Waals surface area contributed by atoms with Crippen molar-refractivity contribution in [1.82, 2.24) is 0 Å². The van der Waals surface area contributed by atoms with E-state index in [9.17, 15) is 4.79 Å². The van der Waals surface area contributed by atoms with E-state index in [1.54, 1.807) is 19.2 Å². The summed E-state index contributed by atoms with van der Waals surface area (Å²) in [5.74, 6) is 0.870. The second-order valence-electron chi connectivity index (χ2n) is 3.69. The lowest BCUT2D eigenvalue weighted by molar-refractivity contribution is -0.117. The molecule has 2 aliphatic rings. The maximum Gasteiger partial charge on any atom is 0.281 e. The quantitative estimate of drug-likeness (QED) is 0.783. The Kier molecular flexibility index (Phi) is 2.36. The molecule has 1 aromatic carbocycles. The Morgan fingerprint density at radius 2 is 2.06 bits per heavy atom. The standard InChI is InChI=1S/C11H9N5O2/c1-18-8-4-2-7(3-5-8)16-10-9(14-15-16)11(17)13-6-12-10/h2-6,9H,1H3. The Morgan fingerprint density at radius 3 is 2.78 bits per heavy atom. The molecule has 90 valence electrons. The summed E-state index contributed by atoms with van der Waals surface area (Å²) >= 11 is 0. The molecule has 7 heteroatoms. The number of amides is 1. The molecule has 0 N–H and O–H groups in total. The predicted molar refractivity (Wildman–Crippen MR) is 65.1 cm³/mol. The number of benzene rings is 1. The highest BCUT2D eigenvalue weighted by Gasteiger charge is 2.36. The van der Waals surface area contributed by atoms with E-state index in [4.69, 9.17) is 4.74 Å². The molecule has 2 heterocycles. The molecule has 1 unspecified atom stereocenters. The first kappa shape index (κ1) is 10.6. The molecule has 18 heavy (non-hydrogen) atoms. The Labute approximate surface area is 102 Å². The summed E-state index contributed by atoms with van der Waals surface area (Å²) in [4.78, 5) is 19.1. The van der Waals surface area contributed by atoms with Gasteiger partial charge in [-0.3, -0.25) is 4.79 Å². The van der Waals surface area contributed by atoms with Crippen LogP contribution < -0.4 is 9.75 Å². The number of fused-ring (bicyclic) bond motifs is 1. The Hall–Kier alpha value is -2.57. The lowest BCUT2D eigenvalue weighted by atomic mass is 10.2. The van der Waals surface area contributed by atoms with Crippen LogP contribution in [0.2, 0.25) is 0 Å². The van der Waals surface area contributed by atoms with Crippen molar-refractivity contribution in [1.29, 1.82) is 0 Å². The third kappa shape index (κ3) is 1.56. The normalized spacial score (nSPS) is 20.9. The summed E-state index contributed by atoms with van der Waals surface area (Å²) in [6.07, 6.45) is 1.22. The van der Waals surface area contributed by atoms with E-state index in [1.165, 1.54) is 11.3 Å². The fourth-order valence-electron chi connectivity index (χ4n) is 1.72. The lowest BCUT2D eigenvalue weighted by Crippen LogP contribution is -2.35. The Bertz CT molecular complexity index is 576. The van der Waals surface area contributed by atoms with Gasteiger partial charge in [0.05, 0.1) is 12.8 Å². The number of aliphatic imine (C=N–C) groups is 2. The number of rotatable bonds is 2. The van der Waals surface area contributed by atoms with Gasteiger partial charge in [0.25, 0.3) is 5.91 Å². The highest BCUT2D eigenvalue weighted by Crippen LogP contribution is 2.25. The van der Waals surface area contributed by atoms with Gasteiger partial charge in [0, 0.05) is 0 Å².